The van der Waals surface area contributed by atoms with Crippen molar-refractivity contribution >= 4 is 23.2 Å². The SMILES string of the molecule is O=C(CCNCc1ccccc1Cl)Nc1cccc(F)c1. The number of carbonyl (C=O) groups excluding carboxylic acids is 1. The van der Waals surface area contributed by atoms with Gasteiger partial charge in [-0.2, -0.15) is 0 Å². The maximum atomic E-state index is 13.0. The first-order chi connectivity index (χ1) is 10.1. The van der Waals surface area contributed by atoms with Crippen LogP contribution in [0.1, 0.15) is 12.0 Å². The lowest BCUT2D eigenvalue weighted by atomic mass is 10.2. The Morgan fingerprint density at radius 3 is 2.71 bits per heavy atom. The van der Waals surface area contributed by atoms with E-state index < -0.39 is 0 Å². The van der Waals surface area contributed by atoms with Crippen LogP contribution in [0.15, 0.2) is 48.5 Å². The summed E-state index contributed by atoms with van der Waals surface area (Å²) in [7, 11) is 0. The van der Waals surface area contributed by atoms with Crippen LogP contribution in [-0.4, -0.2) is 12.5 Å². The summed E-state index contributed by atoms with van der Waals surface area (Å²) < 4.78 is 13.0. The molecular formula is C16H16ClFN2O. The molecule has 2 aromatic rings. The fraction of sp³-hybridized carbons (Fsp3) is 0.188. The van der Waals surface area contributed by atoms with Crippen molar-refractivity contribution < 1.29 is 9.18 Å². The summed E-state index contributed by atoms with van der Waals surface area (Å²) in [6.07, 6.45) is 0.307. The second-order valence-electron chi connectivity index (χ2n) is 4.58. The van der Waals surface area contributed by atoms with Crippen LogP contribution in [0.4, 0.5) is 10.1 Å². The lowest BCUT2D eigenvalue weighted by Gasteiger charge is -2.07. The molecule has 0 aliphatic rings. The molecule has 21 heavy (non-hydrogen) atoms. The minimum absolute atomic E-state index is 0.160. The van der Waals surface area contributed by atoms with Crippen molar-refractivity contribution in [2.24, 2.45) is 0 Å². The van der Waals surface area contributed by atoms with Gasteiger partial charge in [0.2, 0.25) is 5.91 Å². The Kier molecular flexibility index (Phi) is 5.72. The third-order valence-electron chi connectivity index (χ3n) is 2.91. The average Bonchev–Trinajstić information content (AvgIpc) is 2.45. The molecular weight excluding hydrogens is 291 g/mol. The monoisotopic (exact) mass is 306 g/mol. The van der Waals surface area contributed by atoms with Gasteiger partial charge in [0, 0.05) is 30.2 Å². The molecule has 0 unspecified atom stereocenters. The molecule has 0 fully saturated rings. The van der Waals surface area contributed by atoms with Crippen molar-refractivity contribution in [3.63, 3.8) is 0 Å². The van der Waals surface area contributed by atoms with E-state index in [2.05, 4.69) is 10.6 Å². The smallest absolute Gasteiger partial charge is 0.225 e. The van der Waals surface area contributed by atoms with Crippen molar-refractivity contribution in [3.8, 4) is 0 Å². The van der Waals surface area contributed by atoms with Crippen LogP contribution < -0.4 is 10.6 Å². The summed E-state index contributed by atoms with van der Waals surface area (Å²) in [6, 6.07) is 13.4. The number of nitrogens with one attached hydrogen (secondary N) is 2. The van der Waals surface area contributed by atoms with Gasteiger partial charge >= 0.3 is 0 Å². The van der Waals surface area contributed by atoms with Crippen LogP contribution in [0, 0.1) is 5.82 Å². The molecule has 110 valence electrons. The molecule has 2 N–H and O–H groups in total. The Morgan fingerprint density at radius 2 is 1.95 bits per heavy atom. The zero-order chi connectivity index (χ0) is 15.1. The minimum Gasteiger partial charge on any atom is -0.326 e. The molecule has 0 aromatic heterocycles. The fourth-order valence-electron chi connectivity index (χ4n) is 1.86. The molecule has 0 saturated carbocycles. The van der Waals surface area contributed by atoms with Crippen molar-refractivity contribution in [1.82, 2.24) is 5.32 Å². The summed E-state index contributed by atoms with van der Waals surface area (Å²) in [5, 5.41) is 6.50. The van der Waals surface area contributed by atoms with Crippen LogP contribution in [0.3, 0.4) is 0 Å². The number of halogens is 2. The van der Waals surface area contributed by atoms with Gasteiger partial charge in [-0.15, -0.1) is 0 Å². The van der Waals surface area contributed by atoms with Crippen molar-refractivity contribution in [3.05, 3.63) is 64.9 Å². The molecule has 0 spiro atoms. The molecule has 0 aliphatic heterocycles. The molecule has 1 amide bonds. The molecule has 3 nitrogen and oxygen atoms in total. The zero-order valence-corrected chi connectivity index (χ0v) is 12.2. The highest BCUT2D eigenvalue weighted by Gasteiger charge is 2.03. The van der Waals surface area contributed by atoms with E-state index in [1.165, 1.54) is 12.1 Å². The third-order valence-corrected chi connectivity index (χ3v) is 3.28. The molecule has 0 atom stereocenters. The van der Waals surface area contributed by atoms with Crippen molar-refractivity contribution in [2.75, 3.05) is 11.9 Å². The van der Waals surface area contributed by atoms with Crippen molar-refractivity contribution in [2.45, 2.75) is 13.0 Å². The van der Waals surface area contributed by atoms with Gasteiger partial charge in [0.15, 0.2) is 0 Å². The summed E-state index contributed by atoms with van der Waals surface area (Å²) in [5.74, 6) is -0.531. The third kappa shape index (κ3) is 5.17. The summed E-state index contributed by atoms with van der Waals surface area (Å²) >= 11 is 6.03. The Bertz CT molecular complexity index is 619. The average molecular weight is 307 g/mol. The lowest BCUT2D eigenvalue weighted by molar-refractivity contribution is -0.116. The van der Waals surface area contributed by atoms with Gasteiger partial charge in [-0.1, -0.05) is 35.9 Å². The number of amides is 1. The first kappa shape index (κ1) is 15.5. The predicted molar refractivity (Wildman–Crippen MR) is 82.8 cm³/mol. The van der Waals surface area contributed by atoms with Gasteiger partial charge in [-0.05, 0) is 29.8 Å². The molecule has 5 heteroatoms. The Morgan fingerprint density at radius 1 is 1.14 bits per heavy atom. The van der Waals surface area contributed by atoms with Gasteiger partial charge < -0.3 is 10.6 Å². The molecule has 0 radical (unpaired) electrons. The van der Waals surface area contributed by atoms with E-state index in [0.717, 1.165) is 5.56 Å². The topological polar surface area (TPSA) is 41.1 Å². The number of rotatable bonds is 6. The number of hydrogen-bond acceptors (Lipinski definition) is 2. The molecule has 0 bridgehead atoms. The number of anilines is 1. The summed E-state index contributed by atoms with van der Waals surface area (Å²) in [5.41, 5.74) is 1.45. The van der Waals surface area contributed by atoms with Crippen LogP contribution >= 0.6 is 11.6 Å². The fourth-order valence-corrected chi connectivity index (χ4v) is 2.06. The van der Waals surface area contributed by atoms with Crippen LogP contribution in [0.5, 0.6) is 0 Å². The van der Waals surface area contributed by atoms with Gasteiger partial charge in [-0.25, -0.2) is 4.39 Å². The summed E-state index contributed by atoms with van der Waals surface area (Å²) in [4.78, 5) is 11.7. The van der Waals surface area contributed by atoms with Crippen LogP contribution in [0.25, 0.3) is 0 Å². The van der Waals surface area contributed by atoms with E-state index in [1.807, 2.05) is 24.3 Å². The Labute approximate surface area is 128 Å². The van der Waals surface area contributed by atoms with Gasteiger partial charge in [0.1, 0.15) is 5.82 Å². The van der Waals surface area contributed by atoms with E-state index >= 15 is 0 Å². The lowest BCUT2D eigenvalue weighted by Crippen LogP contribution is -2.21. The number of benzene rings is 2. The first-order valence-corrected chi connectivity index (χ1v) is 7.02. The Hall–Kier alpha value is -1.91. The molecule has 0 heterocycles. The number of carbonyl (C=O) groups is 1. The highest BCUT2D eigenvalue weighted by Crippen LogP contribution is 2.14. The van der Waals surface area contributed by atoms with E-state index in [1.54, 1.807) is 12.1 Å². The van der Waals surface area contributed by atoms with Gasteiger partial charge in [-0.3, -0.25) is 4.79 Å². The van der Waals surface area contributed by atoms with Crippen molar-refractivity contribution in [1.29, 1.82) is 0 Å². The van der Waals surface area contributed by atoms with Crippen LogP contribution in [-0.2, 0) is 11.3 Å². The maximum absolute atomic E-state index is 13.0. The highest BCUT2D eigenvalue weighted by atomic mass is 35.5. The highest BCUT2D eigenvalue weighted by molar-refractivity contribution is 6.31. The molecule has 0 aliphatic carbocycles. The summed E-state index contributed by atoms with van der Waals surface area (Å²) in [6.45, 7) is 1.12. The molecule has 0 saturated heterocycles. The normalized spacial score (nSPS) is 10.4. The largest absolute Gasteiger partial charge is 0.326 e. The minimum atomic E-state index is -0.371. The maximum Gasteiger partial charge on any atom is 0.225 e. The quantitative estimate of drug-likeness (QED) is 0.801. The van der Waals surface area contributed by atoms with Gasteiger partial charge in [0.05, 0.1) is 0 Å². The van der Waals surface area contributed by atoms with Gasteiger partial charge in [0.25, 0.3) is 0 Å². The predicted octanol–water partition coefficient (Wildman–Crippen LogP) is 3.60. The van der Waals surface area contributed by atoms with E-state index in [0.29, 0.717) is 30.2 Å². The van der Waals surface area contributed by atoms with E-state index in [4.69, 9.17) is 11.6 Å². The number of hydrogen-bond donors (Lipinski definition) is 2. The Balaban J connectivity index is 1.71. The van der Waals surface area contributed by atoms with E-state index in [-0.39, 0.29) is 11.7 Å². The molecule has 2 rings (SSSR count). The standard InChI is InChI=1S/C16H16ClFN2O/c17-15-7-2-1-4-12(15)11-19-9-8-16(21)20-14-6-3-5-13(18)10-14/h1-7,10,19H,8-9,11H2,(H,20,21). The first-order valence-electron chi connectivity index (χ1n) is 6.65. The zero-order valence-electron chi connectivity index (χ0n) is 11.4. The van der Waals surface area contributed by atoms with E-state index in [9.17, 15) is 9.18 Å². The molecule has 2 aromatic carbocycles. The second kappa shape index (κ2) is 7.76. The van der Waals surface area contributed by atoms with Crippen LogP contribution in [0.2, 0.25) is 5.02 Å². The second-order valence-corrected chi connectivity index (χ2v) is 4.98.